The first-order valence-corrected chi connectivity index (χ1v) is 10.8. The molecule has 10 heteroatoms. The molecule has 1 atom stereocenters. The third kappa shape index (κ3) is 3.59. The minimum atomic E-state index is -3.86. The molecule has 26 heavy (non-hydrogen) atoms. The largest absolute Gasteiger partial charge is 0.496 e. The predicted molar refractivity (Wildman–Crippen MR) is 103 cm³/mol. The topological polar surface area (TPSA) is 89.8 Å². The fourth-order valence-corrected chi connectivity index (χ4v) is 6.52. The fourth-order valence-electron chi connectivity index (χ4n) is 2.69. The minimum absolute atomic E-state index is 0.0771. The third-order valence-corrected chi connectivity index (χ3v) is 7.82. The van der Waals surface area contributed by atoms with E-state index < -0.39 is 20.3 Å². The second-order valence-electron chi connectivity index (χ2n) is 5.49. The Morgan fingerprint density at radius 2 is 2.08 bits per heavy atom. The maximum absolute atomic E-state index is 13.1. The van der Waals surface area contributed by atoms with Crippen molar-refractivity contribution in [3.05, 3.63) is 62.6 Å². The number of non-ortho nitro benzene ring substituents is 1. The van der Waals surface area contributed by atoms with Crippen LogP contribution in [0.2, 0.25) is 0 Å². The summed E-state index contributed by atoms with van der Waals surface area (Å²) in [6, 6.07) is 10.6. The lowest BCUT2D eigenvalue weighted by Crippen LogP contribution is -2.30. The first kappa shape index (κ1) is 19.2. The Morgan fingerprint density at radius 3 is 2.73 bits per heavy atom. The van der Waals surface area contributed by atoms with Crippen LogP contribution in [-0.4, -0.2) is 37.1 Å². The van der Waals surface area contributed by atoms with Crippen LogP contribution in [0.15, 0.2) is 51.8 Å². The van der Waals surface area contributed by atoms with E-state index in [0.717, 1.165) is 16.1 Å². The number of methoxy groups -OCH3 is 1. The molecule has 1 heterocycles. The molecule has 0 spiro atoms. The number of rotatable bonds is 5. The van der Waals surface area contributed by atoms with Crippen molar-refractivity contribution in [3.63, 3.8) is 0 Å². The Balaban J connectivity index is 1.98. The molecule has 3 rings (SSSR count). The van der Waals surface area contributed by atoms with E-state index in [-0.39, 0.29) is 10.6 Å². The molecule has 1 aliphatic rings. The molecule has 0 saturated carbocycles. The number of ether oxygens (including phenoxy) is 1. The molecule has 0 N–H and O–H groups in total. The van der Waals surface area contributed by atoms with E-state index in [1.54, 1.807) is 13.2 Å². The molecule has 138 valence electrons. The van der Waals surface area contributed by atoms with E-state index in [4.69, 9.17) is 4.74 Å². The summed E-state index contributed by atoms with van der Waals surface area (Å²) in [6.07, 6.45) is 0. The van der Waals surface area contributed by atoms with E-state index in [2.05, 4.69) is 15.9 Å². The number of halogens is 1. The number of sulfonamides is 1. The Hall–Kier alpha value is -1.62. The second kappa shape index (κ2) is 7.55. The van der Waals surface area contributed by atoms with Gasteiger partial charge in [-0.25, -0.2) is 8.42 Å². The first-order chi connectivity index (χ1) is 12.3. The summed E-state index contributed by atoms with van der Waals surface area (Å²) in [5.74, 6) is 1.30. The summed E-state index contributed by atoms with van der Waals surface area (Å²) in [5, 5.41) is 10.6. The highest BCUT2D eigenvalue weighted by Gasteiger charge is 2.37. The zero-order valence-corrected chi connectivity index (χ0v) is 16.9. The van der Waals surface area contributed by atoms with Crippen LogP contribution in [0.5, 0.6) is 5.75 Å². The normalized spacial score (nSPS) is 18.0. The van der Waals surface area contributed by atoms with Gasteiger partial charge >= 0.3 is 0 Å². The van der Waals surface area contributed by atoms with E-state index >= 15 is 0 Å². The molecule has 2 aromatic rings. The van der Waals surface area contributed by atoms with E-state index in [0.29, 0.717) is 18.0 Å². The van der Waals surface area contributed by atoms with Crippen molar-refractivity contribution in [2.45, 2.75) is 10.3 Å². The molecule has 1 saturated heterocycles. The van der Waals surface area contributed by atoms with Gasteiger partial charge in [0.1, 0.15) is 5.75 Å². The van der Waals surface area contributed by atoms with Gasteiger partial charge in [-0.2, -0.15) is 4.31 Å². The number of hydrogen-bond donors (Lipinski definition) is 0. The molecule has 2 aromatic carbocycles. The summed E-state index contributed by atoms with van der Waals surface area (Å²) in [5.41, 5.74) is 0.566. The van der Waals surface area contributed by atoms with Crippen molar-refractivity contribution < 1.29 is 18.1 Å². The summed E-state index contributed by atoms with van der Waals surface area (Å²) in [4.78, 5) is 10.3. The summed E-state index contributed by atoms with van der Waals surface area (Å²) in [7, 11) is -2.30. The highest BCUT2D eigenvalue weighted by molar-refractivity contribution is 9.10. The maximum atomic E-state index is 13.1. The first-order valence-electron chi connectivity index (χ1n) is 7.56. The minimum Gasteiger partial charge on any atom is -0.496 e. The lowest BCUT2D eigenvalue weighted by Gasteiger charge is -2.24. The van der Waals surface area contributed by atoms with Gasteiger partial charge in [-0.15, -0.1) is 11.8 Å². The van der Waals surface area contributed by atoms with Crippen molar-refractivity contribution in [1.82, 2.24) is 4.31 Å². The zero-order valence-electron chi connectivity index (χ0n) is 13.7. The molecular weight excluding hydrogens is 444 g/mol. The number of benzene rings is 2. The quantitative estimate of drug-likeness (QED) is 0.499. The lowest BCUT2D eigenvalue weighted by molar-refractivity contribution is -0.385. The van der Waals surface area contributed by atoms with Crippen molar-refractivity contribution in [1.29, 1.82) is 0 Å². The van der Waals surface area contributed by atoms with Crippen molar-refractivity contribution in [2.75, 3.05) is 19.4 Å². The van der Waals surface area contributed by atoms with Crippen molar-refractivity contribution in [3.8, 4) is 5.75 Å². The van der Waals surface area contributed by atoms with Gasteiger partial charge in [0, 0.05) is 24.4 Å². The number of nitro benzene ring substituents is 1. The smallest absolute Gasteiger partial charge is 0.270 e. The van der Waals surface area contributed by atoms with Crippen LogP contribution in [0.4, 0.5) is 5.69 Å². The molecule has 0 amide bonds. The van der Waals surface area contributed by atoms with Crippen LogP contribution < -0.4 is 4.74 Å². The van der Waals surface area contributed by atoms with Crippen molar-refractivity contribution >= 4 is 43.4 Å². The summed E-state index contributed by atoms with van der Waals surface area (Å²) in [6.45, 7) is 0.337. The zero-order chi connectivity index (χ0) is 18.9. The average Bonchev–Trinajstić information content (AvgIpc) is 3.12. The van der Waals surface area contributed by atoms with Crippen LogP contribution in [0.25, 0.3) is 0 Å². The van der Waals surface area contributed by atoms with Crippen LogP contribution in [-0.2, 0) is 10.0 Å². The predicted octanol–water partition coefficient (Wildman–Crippen LogP) is 3.80. The SMILES string of the molecule is COc1ccc([C@@H]2SCCN2S(=O)(=O)c2cccc([N+](=O)[O-])c2)cc1Br. The van der Waals surface area contributed by atoms with E-state index in [1.807, 2.05) is 12.1 Å². The van der Waals surface area contributed by atoms with Gasteiger partial charge in [0.25, 0.3) is 5.69 Å². The van der Waals surface area contributed by atoms with E-state index in [9.17, 15) is 18.5 Å². The standard InChI is InChI=1S/C16H15BrN2O5S2/c1-24-15-6-5-11(9-14(15)17)16-18(7-8-25-16)26(22,23)13-4-2-3-12(10-13)19(20)21/h2-6,9-10,16H,7-8H2,1H3/t16-/m0/s1. The highest BCUT2D eigenvalue weighted by atomic mass is 79.9. The molecule has 0 unspecified atom stereocenters. The van der Waals surface area contributed by atoms with Gasteiger partial charge in [-0.1, -0.05) is 12.1 Å². The molecule has 0 radical (unpaired) electrons. The second-order valence-corrected chi connectivity index (χ2v) is 9.42. The highest BCUT2D eigenvalue weighted by Crippen LogP contribution is 2.43. The molecule has 0 aromatic heterocycles. The van der Waals surface area contributed by atoms with Crippen LogP contribution in [0, 0.1) is 10.1 Å². The Kier molecular flexibility index (Phi) is 5.56. The molecule has 1 fully saturated rings. The van der Waals surface area contributed by atoms with Crippen molar-refractivity contribution in [2.24, 2.45) is 0 Å². The Bertz CT molecular complexity index is 951. The van der Waals surface area contributed by atoms with Gasteiger partial charge in [-0.3, -0.25) is 10.1 Å². The maximum Gasteiger partial charge on any atom is 0.270 e. The average molecular weight is 459 g/mol. The fraction of sp³-hybridized carbons (Fsp3) is 0.250. The van der Waals surface area contributed by atoms with Gasteiger partial charge in [0.05, 0.1) is 26.8 Å². The van der Waals surface area contributed by atoms with Gasteiger partial charge in [0.2, 0.25) is 10.0 Å². The van der Waals surface area contributed by atoms with Crippen LogP contribution in [0.3, 0.4) is 0 Å². The summed E-state index contributed by atoms with van der Waals surface area (Å²) < 4.78 is 33.4. The Morgan fingerprint density at radius 1 is 1.31 bits per heavy atom. The molecule has 7 nitrogen and oxygen atoms in total. The van der Waals surface area contributed by atoms with Gasteiger partial charge in [0.15, 0.2) is 0 Å². The number of hydrogen-bond acceptors (Lipinski definition) is 6. The molecule has 0 bridgehead atoms. The monoisotopic (exact) mass is 458 g/mol. The Labute approximate surface area is 163 Å². The lowest BCUT2D eigenvalue weighted by atomic mass is 10.2. The molecule has 0 aliphatic carbocycles. The third-order valence-electron chi connectivity index (χ3n) is 3.94. The number of nitro groups is 1. The van der Waals surface area contributed by atoms with Crippen LogP contribution >= 0.6 is 27.7 Å². The number of nitrogens with zero attached hydrogens (tertiary/aromatic N) is 2. The summed E-state index contributed by atoms with van der Waals surface area (Å²) >= 11 is 4.93. The van der Waals surface area contributed by atoms with Gasteiger partial charge in [-0.05, 0) is 39.7 Å². The van der Waals surface area contributed by atoms with Crippen LogP contribution in [0.1, 0.15) is 10.9 Å². The van der Waals surface area contributed by atoms with Gasteiger partial charge < -0.3 is 4.74 Å². The molecule has 1 aliphatic heterocycles. The van der Waals surface area contributed by atoms with E-state index in [1.165, 1.54) is 34.3 Å². The number of thioether (sulfide) groups is 1. The molecular formula is C16H15BrN2O5S2.